The first-order valence-corrected chi connectivity index (χ1v) is 10.8. The van der Waals surface area contributed by atoms with E-state index in [2.05, 4.69) is 25.1 Å². The first kappa shape index (κ1) is 20.9. The van der Waals surface area contributed by atoms with Gasteiger partial charge < -0.3 is 5.32 Å². The van der Waals surface area contributed by atoms with Gasteiger partial charge in [0.2, 0.25) is 0 Å². The van der Waals surface area contributed by atoms with Crippen LogP contribution in [0.15, 0.2) is 78.0 Å². The number of sulfonamides is 1. The lowest BCUT2D eigenvalue weighted by molar-refractivity contribution is -0.385. The minimum atomic E-state index is -3.98. The van der Waals surface area contributed by atoms with Crippen LogP contribution >= 0.6 is 0 Å². The smallest absolute Gasteiger partial charge is 0.270 e. The van der Waals surface area contributed by atoms with Crippen LogP contribution in [0, 0.1) is 17.0 Å². The van der Waals surface area contributed by atoms with Gasteiger partial charge >= 0.3 is 0 Å². The van der Waals surface area contributed by atoms with Crippen molar-refractivity contribution in [3.05, 3.63) is 89.0 Å². The van der Waals surface area contributed by atoms with Crippen molar-refractivity contribution in [3.63, 3.8) is 0 Å². The summed E-state index contributed by atoms with van der Waals surface area (Å²) in [6.07, 6.45) is 3.42. The number of nitrogens with one attached hydrogen (secondary N) is 2. The van der Waals surface area contributed by atoms with E-state index in [1.165, 1.54) is 18.2 Å². The third kappa shape index (κ3) is 4.70. The first-order chi connectivity index (χ1) is 15.3. The van der Waals surface area contributed by atoms with Crippen molar-refractivity contribution in [3.8, 4) is 5.82 Å². The van der Waals surface area contributed by atoms with Crippen molar-refractivity contribution < 1.29 is 13.3 Å². The molecule has 2 aromatic carbocycles. The van der Waals surface area contributed by atoms with Crippen LogP contribution in [0.4, 0.5) is 22.9 Å². The van der Waals surface area contributed by atoms with Crippen molar-refractivity contribution >= 4 is 32.9 Å². The Balaban J connectivity index is 1.50. The quantitative estimate of drug-likeness (QED) is 0.321. The van der Waals surface area contributed by atoms with Gasteiger partial charge in [0.1, 0.15) is 11.6 Å². The Morgan fingerprint density at radius 1 is 1.00 bits per heavy atom. The highest BCUT2D eigenvalue weighted by molar-refractivity contribution is 7.92. The van der Waals surface area contributed by atoms with Crippen LogP contribution < -0.4 is 10.0 Å². The lowest BCUT2D eigenvalue weighted by atomic mass is 10.3. The molecule has 12 heteroatoms. The second-order valence-corrected chi connectivity index (χ2v) is 8.35. The van der Waals surface area contributed by atoms with E-state index in [1.807, 2.05) is 0 Å². The van der Waals surface area contributed by atoms with E-state index in [4.69, 9.17) is 0 Å². The van der Waals surface area contributed by atoms with Gasteiger partial charge in [0, 0.05) is 42.0 Å². The second-order valence-electron chi connectivity index (χ2n) is 6.67. The fourth-order valence-corrected chi connectivity index (χ4v) is 3.98. The predicted molar refractivity (Wildman–Crippen MR) is 118 cm³/mol. The molecule has 0 radical (unpaired) electrons. The van der Waals surface area contributed by atoms with E-state index in [9.17, 15) is 18.5 Å². The molecule has 11 nitrogen and oxygen atoms in total. The monoisotopic (exact) mass is 451 g/mol. The lowest BCUT2D eigenvalue weighted by Crippen LogP contribution is -2.13. The van der Waals surface area contributed by atoms with Crippen LogP contribution in [0.1, 0.15) is 5.82 Å². The predicted octanol–water partition coefficient (Wildman–Crippen LogP) is 3.42. The third-order valence-electron chi connectivity index (χ3n) is 4.31. The van der Waals surface area contributed by atoms with Crippen molar-refractivity contribution in [2.75, 3.05) is 10.0 Å². The van der Waals surface area contributed by atoms with Gasteiger partial charge in [-0.1, -0.05) is 6.07 Å². The van der Waals surface area contributed by atoms with Gasteiger partial charge in [-0.05, 0) is 43.3 Å². The highest BCUT2D eigenvalue weighted by Gasteiger charge is 2.17. The van der Waals surface area contributed by atoms with Gasteiger partial charge in [-0.3, -0.25) is 14.8 Å². The Morgan fingerprint density at radius 3 is 2.44 bits per heavy atom. The summed E-state index contributed by atoms with van der Waals surface area (Å²) in [7, 11) is -3.98. The number of benzene rings is 2. The number of anilines is 3. The average Bonchev–Trinajstić information content (AvgIpc) is 3.30. The molecule has 2 aromatic heterocycles. The van der Waals surface area contributed by atoms with Crippen molar-refractivity contribution in [1.82, 2.24) is 19.7 Å². The van der Waals surface area contributed by atoms with E-state index >= 15 is 0 Å². The molecule has 162 valence electrons. The van der Waals surface area contributed by atoms with Crippen LogP contribution in [-0.2, 0) is 10.0 Å². The molecular weight excluding hydrogens is 434 g/mol. The van der Waals surface area contributed by atoms with E-state index in [0.29, 0.717) is 28.8 Å². The molecule has 0 aliphatic carbocycles. The van der Waals surface area contributed by atoms with Gasteiger partial charge in [-0.2, -0.15) is 5.10 Å². The van der Waals surface area contributed by atoms with E-state index < -0.39 is 14.9 Å². The number of nitro benzene ring substituents is 1. The molecule has 0 bridgehead atoms. The average molecular weight is 451 g/mol. The molecule has 0 aliphatic heterocycles. The molecule has 0 atom stereocenters. The molecule has 2 heterocycles. The summed E-state index contributed by atoms with van der Waals surface area (Å²) >= 11 is 0. The number of aromatic nitrogens is 4. The molecule has 32 heavy (non-hydrogen) atoms. The van der Waals surface area contributed by atoms with E-state index in [-0.39, 0.29) is 10.6 Å². The molecule has 0 saturated heterocycles. The maximum atomic E-state index is 12.6. The third-order valence-corrected chi connectivity index (χ3v) is 5.69. The van der Waals surface area contributed by atoms with Crippen molar-refractivity contribution in [2.45, 2.75) is 11.8 Å². The molecular formula is C20H17N7O4S. The number of rotatable bonds is 7. The Kier molecular flexibility index (Phi) is 5.52. The number of hydrogen-bond donors (Lipinski definition) is 2. The zero-order chi connectivity index (χ0) is 22.7. The summed E-state index contributed by atoms with van der Waals surface area (Å²) in [6, 6.07) is 14.9. The number of nitrogens with zero attached hydrogens (tertiary/aromatic N) is 5. The Labute approximate surface area is 183 Å². The Morgan fingerprint density at radius 2 is 1.75 bits per heavy atom. The minimum absolute atomic E-state index is 0.198. The zero-order valence-electron chi connectivity index (χ0n) is 16.7. The van der Waals surface area contributed by atoms with E-state index in [0.717, 1.165) is 6.07 Å². The van der Waals surface area contributed by atoms with Crippen molar-refractivity contribution in [1.29, 1.82) is 0 Å². The fourth-order valence-electron chi connectivity index (χ4n) is 2.89. The van der Waals surface area contributed by atoms with Gasteiger partial charge in [0.15, 0.2) is 5.82 Å². The number of hydrogen-bond acceptors (Lipinski definition) is 8. The Bertz CT molecular complexity index is 1370. The van der Waals surface area contributed by atoms with Gasteiger partial charge in [-0.15, -0.1) is 0 Å². The summed E-state index contributed by atoms with van der Waals surface area (Å²) in [5.41, 5.74) is 0.674. The molecule has 0 saturated carbocycles. The fraction of sp³-hybridized carbons (Fsp3) is 0.0500. The summed E-state index contributed by atoms with van der Waals surface area (Å²) < 4.78 is 29.2. The lowest BCUT2D eigenvalue weighted by Gasteiger charge is -2.11. The summed E-state index contributed by atoms with van der Waals surface area (Å²) in [5.74, 6) is 1.71. The molecule has 0 fully saturated rings. The minimum Gasteiger partial charge on any atom is -0.340 e. The van der Waals surface area contributed by atoms with Crippen LogP contribution in [0.3, 0.4) is 0 Å². The standard InChI is InChI=1S/C20H17N7O4S/c1-14-22-19(13-20(23-14)26-11-3-10-21-26)24-15-6-8-16(9-7-15)25-32(30,31)18-5-2-4-17(12-18)27(28)29/h2-13,25H,1H3,(H,22,23,24). The molecule has 2 N–H and O–H groups in total. The van der Waals surface area contributed by atoms with Crippen LogP contribution in [0.5, 0.6) is 0 Å². The maximum absolute atomic E-state index is 12.6. The summed E-state index contributed by atoms with van der Waals surface area (Å²) in [6.45, 7) is 1.77. The summed E-state index contributed by atoms with van der Waals surface area (Å²) in [4.78, 5) is 18.8. The molecule has 4 rings (SSSR count). The van der Waals surface area contributed by atoms with Crippen LogP contribution in [-0.4, -0.2) is 33.1 Å². The highest BCUT2D eigenvalue weighted by Crippen LogP contribution is 2.23. The summed E-state index contributed by atoms with van der Waals surface area (Å²) in [5, 5.41) is 18.2. The topological polar surface area (TPSA) is 145 Å². The first-order valence-electron chi connectivity index (χ1n) is 9.30. The molecule has 0 unspecified atom stereocenters. The van der Waals surface area contributed by atoms with Crippen LogP contribution in [0.2, 0.25) is 0 Å². The second kappa shape index (κ2) is 8.43. The maximum Gasteiger partial charge on any atom is 0.270 e. The highest BCUT2D eigenvalue weighted by atomic mass is 32.2. The SMILES string of the molecule is Cc1nc(Nc2ccc(NS(=O)(=O)c3cccc([N+](=O)[O-])c3)cc2)cc(-n2cccn2)n1. The van der Waals surface area contributed by atoms with Gasteiger partial charge in [-0.25, -0.2) is 23.1 Å². The van der Waals surface area contributed by atoms with Crippen LogP contribution in [0.25, 0.3) is 5.82 Å². The molecule has 0 amide bonds. The number of nitro groups is 1. The van der Waals surface area contributed by atoms with Gasteiger partial charge in [0.25, 0.3) is 15.7 Å². The van der Waals surface area contributed by atoms with Gasteiger partial charge in [0.05, 0.1) is 9.82 Å². The number of aryl methyl sites for hydroxylation is 1. The van der Waals surface area contributed by atoms with E-state index in [1.54, 1.807) is 60.4 Å². The zero-order valence-corrected chi connectivity index (χ0v) is 17.5. The molecule has 0 spiro atoms. The molecule has 4 aromatic rings. The number of non-ortho nitro benzene ring substituents is 1. The largest absolute Gasteiger partial charge is 0.340 e. The molecule has 0 aliphatic rings. The normalized spacial score (nSPS) is 11.2. The Hall–Kier alpha value is -4.32. The van der Waals surface area contributed by atoms with Crippen molar-refractivity contribution in [2.24, 2.45) is 0 Å².